The van der Waals surface area contributed by atoms with E-state index in [0.29, 0.717) is 19.4 Å². The molecule has 0 spiro atoms. The lowest BCUT2D eigenvalue weighted by Crippen LogP contribution is -2.34. The first kappa shape index (κ1) is 19.9. The SMILES string of the molecule is CS(=O)(=O)O.OC[C@@H]1CO[C@@](Cn2cncn2)(c2ccc(Br)cc2)O1. The van der Waals surface area contributed by atoms with Crippen LogP contribution in [0.5, 0.6) is 0 Å². The summed E-state index contributed by atoms with van der Waals surface area (Å²) in [5, 5.41) is 13.4. The molecule has 0 saturated carbocycles. The van der Waals surface area contributed by atoms with Crippen LogP contribution in [0.3, 0.4) is 0 Å². The number of hydrogen-bond donors (Lipinski definition) is 2. The Kier molecular flexibility index (Phi) is 6.65. The highest BCUT2D eigenvalue weighted by Crippen LogP contribution is 2.36. The van der Waals surface area contributed by atoms with Crippen molar-refractivity contribution in [2.24, 2.45) is 0 Å². The zero-order valence-corrected chi connectivity index (χ0v) is 15.7. The smallest absolute Gasteiger partial charge is 0.261 e. The van der Waals surface area contributed by atoms with Crippen LogP contribution in [-0.2, 0) is 31.9 Å². The summed E-state index contributed by atoms with van der Waals surface area (Å²) in [6, 6.07) is 7.72. The van der Waals surface area contributed by atoms with E-state index >= 15 is 0 Å². The van der Waals surface area contributed by atoms with Gasteiger partial charge in [0.05, 0.1) is 19.5 Å². The lowest BCUT2D eigenvalue weighted by molar-refractivity contribution is -0.191. The number of ether oxygens (including phenoxy) is 2. The largest absolute Gasteiger partial charge is 0.394 e. The molecule has 2 heterocycles. The molecule has 0 amide bonds. The molecule has 138 valence electrons. The van der Waals surface area contributed by atoms with Crippen molar-refractivity contribution in [3.8, 4) is 0 Å². The molecule has 1 aliphatic rings. The standard InChI is InChI=1S/C13H14BrN3O3.CH4O3S/c14-11-3-1-10(2-4-11)13(7-17-9-15-8-16-17)19-6-12(5-18)20-13;1-5(2,3)4/h1-4,8-9,12,18H,5-7H2;1H3,(H,2,3,4)/t12-,13-;/m1./s1. The van der Waals surface area contributed by atoms with Crippen molar-refractivity contribution >= 4 is 26.0 Å². The van der Waals surface area contributed by atoms with Crippen molar-refractivity contribution in [3.05, 3.63) is 47.0 Å². The van der Waals surface area contributed by atoms with Gasteiger partial charge in [0, 0.05) is 10.0 Å². The molecule has 11 heteroatoms. The van der Waals surface area contributed by atoms with E-state index in [4.69, 9.17) is 14.0 Å². The number of rotatable bonds is 4. The zero-order valence-electron chi connectivity index (χ0n) is 13.3. The Bertz CT molecular complexity index is 760. The van der Waals surface area contributed by atoms with Gasteiger partial charge < -0.3 is 14.6 Å². The van der Waals surface area contributed by atoms with Gasteiger partial charge in [-0.25, -0.2) is 9.67 Å². The lowest BCUT2D eigenvalue weighted by atomic mass is 10.1. The fraction of sp³-hybridized carbons (Fsp3) is 0.429. The molecular formula is C14H18BrN3O6S. The van der Waals surface area contributed by atoms with E-state index in [0.717, 1.165) is 10.0 Å². The van der Waals surface area contributed by atoms with Crippen LogP contribution >= 0.6 is 15.9 Å². The molecule has 0 radical (unpaired) electrons. The molecular weight excluding hydrogens is 418 g/mol. The maximum Gasteiger partial charge on any atom is 0.261 e. The van der Waals surface area contributed by atoms with E-state index in [1.807, 2.05) is 24.3 Å². The monoisotopic (exact) mass is 435 g/mol. The van der Waals surface area contributed by atoms with Gasteiger partial charge in [0.1, 0.15) is 25.3 Å². The molecule has 2 aromatic rings. The van der Waals surface area contributed by atoms with Crippen molar-refractivity contribution in [2.45, 2.75) is 18.4 Å². The molecule has 0 aliphatic carbocycles. The van der Waals surface area contributed by atoms with Crippen LogP contribution in [0.25, 0.3) is 0 Å². The van der Waals surface area contributed by atoms with Gasteiger partial charge in [0.2, 0.25) is 5.79 Å². The van der Waals surface area contributed by atoms with Crippen molar-refractivity contribution in [1.29, 1.82) is 0 Å². The molecule has 1 aromatic heterocycles. The zero-order chi connectivity index (χ0) is 18.5. The Balaban J connectivity index is 0.000000399. The Hall–Kier alpha value is -1.37. The molecule has 1 aromatic carbocycles. The minimum atomic E-state index is -3.67. The first-order chi connectivity index (χ1) is 11.7. The third kappa shape index (κ3) is 6.13. The van der Waals surface area contributed by atoms with Gasteiger partial charge in [0.25, 0.3) is 10.1 Å². The van der Waals surface area contributed by atoms with E-state index < -0.39 is 15.9 Å². The lowest BCUT2D eigenvalue weighted by Gasteiger charge is -2.28. The van der Waals surface area contributed by atoms with Gasteiger partial charge in [-0.1, -0.05) is 28.1 Å². The summed E-state index contributed by atoms with van der Waals surface area (Å²) >= 11 is 3.41. The second-order valence-corrected chi connectivity index (χ2v) is 7.70. The second kappa shape index (κ2) is 8.34. The number of halogens is 1. The van der Waals surface area contributed by atoms with E-state index in [1.54, 1.807) is 11.0 Å². The fourth-order valence-corrected chi connectivity index (χ4v) is 2.48. The molecule has 3 rings (SSSR count). The Morgan fingerprint density at radius 2 is 2.04 bits per heavy atom. The van der Waals surface area contributed by atoms with Crippen LogP contribution in [0.2, 0.25) is 0 Å². The normalized spacial score (nSPS) is 23.1. The van der Waals surface area contributed by atoms with Crippen molar-refractivity contribution in [3.63, 3.8) is 0 Å². The van der Waals surface area contributed by atoms with E-state index in [-0.39, 0.29) is 12.7 Å². The molecule has 2 atom stereocenters. The van der Waals surface area contributed by atoms with Gasteiger partial charge in [-0.15, -0.1) is 0 Å². The fourth-order valence-electron chi connectivity index (χ4n) is 2.21. The van der Waals surface area contributed by atoms with Crippen LogP contribution in [-0.4, -0.2) is 58.4 Å². The Morgan fingerprint density at radius 3 is 2.52 bits per heavy atom. The topological polar surface area (TPSA) is 124 Å². The third-order valence-electron chi connectivity index (χ3n) is 3.18. The summed E-state index contributed by atoms with van der Waals surface area (Å²) in [4.78, 5) is 3.93. The van der Waals surface area contributed by atoms with E-state index in [9.17, 15) is 13.5 Å². The van der Waals surface area contributed by atoms with Crippen LogP contribution in [0, 0.1) is 0 Å². The number of benzene rings is 1. The van der Waals surface area contributed by atoms with Crippen molar-refractivity contribution < 1.29 is 27.6 Å². The van der Waals surface area contributed by atoms with Gasteiger partial charge in [-0.2, -0.15) is 13.5 Å². The van der Waals surface area contributed by atoms with Gasteiger partial charge >= 0.3 is 0 Å². The molecule has 1 saturated heterocycles. The van der Waals surface area contributed by atoms with Crippen LogP contribution in [0.1, 0.15) is 5.56 Å². The highest BCUT2D eigenvalue weighted by atomic mass is 79.9. The maximum atomic E-state index is 9.27. The number of hydrogen-bond acceptors (Lipinski definition) is 7. The number of nitrogens with zero attached hydrogens (tertiary/aromatic N) is 3. The minimum absolute atomic E-state index is 0.0738. The van der Waals surface area contributed by atoms with E-state index in [2.05, 4.69) is 26.0 Å². The molecule has 1 aliphatic heterocycles. The molecule has 0 bridgehead atoms. The predicted molar refractivity (Wildman–Crippen MR) is 91.2 cm³/mol. The quantitative estimate of drug-likeness (QED) is 0.675. The Labute approximate surface area is 153 Å². The molecule has 25 heavy (non-hydrogen) atoms. The predicted octanol–water partition coefficient (Wildman–Crippen LogP) is 0.805. The second-order valence-electron chi connectivity index (χ2n) is 5.32. The molecule has 1 fully saturated rings. The summed E-state index contributed by atoms with van der Waals surface area (Å²) < 4.78 is 40.3. The van der Waals surface area contributed by atoms with Crippen molar-refractivity contribution in [2.75, 3.05) is 19.5 Å². The summed E-state index contributed by atoms with van der Waals surface area (Å²) in [5.41, 5.74) is 0.882. The average molecular weight is 436 g/mol. The summed E-state index contributed by atoms with van der Waals surface area (Å²) in [7, 11) is -3.67. The summed E-state index contributed by atoms with van der Waals surface area (Å²) in [6.45, 7) is 0.655. The van der Waals surface area contributed by atoms with Crippen LogP contribution < -0.4 is 0 Å². The minimum Gasteiger partial charge on any atom is -0.394 e. The average Bonchev–Trinajstić information content (AvgIpc) is 3.17. The molecule has 9 nitrogen and oxygen atoms in total. The van der Waals surface area contributed by atoms with Gasteiger partial charge in [-0.3, -0.25) is 4.55 Å². The summed E-state index contributed by atoms with van der Waals surface area (Å²) in [6.07, 6.45) is 3.46. The summed E-state index contributed by atoms with van der Waals surface area (Å²) in [5.74, 6) is -0.943. The number of aliphatic hydroxyl groups excluding tert-OH is 1. The highest BCUT2D eigenvalue weighted by molar-refractivity contribution is 9.10. The van der Waals surface area contributed by atoms with Gasteiger partial charge in [0.15, 0.2) is 0 Å². The maximum absolute atomic E-state index is 9.27. The molecule has 0 unspecified atom stereocenters. The van der Waals surface area contributed by atoms with Crippen molar-refractivity contribution in [1.82, 2.24) is 14.8 Å². The van der Waals surface area contributed by atoms with Crippen LogP contribution in [0.4, 0.5) is 0 Å². The number of aliphatic hydroxyl groups is 1. The van der Waals surface area contributed by atoms with Gasteiger partial charge in [-0.05, 0) is 12.1 Å². The number of aromatic nitrogens is 3. The Morgan fingerprint density at radius 1 is 1.40 bits per heavy atom. The third-order valence-corrected chi connectivity index (χ3v) is 3.71. The van der Waals surface area contributed by atoms with Crippen LogP contribution in [0.15, 0.2) is 41.4 Å². The molecule has 2 N–H and O–H groups in total. The first-order valence-electron chi connectivity index (χ1n) is 7.15. The first-order valence-corrected chi connectivity index (χ1v) is 9.79. The highest BCUT2D eigenvalue weighted by Gasteiger charge is 2.43. The van der Waals surface area contributed by atoms with E-state index in [1.165, 1.54) is 6.33 Å².